The molecule has 0 fully saturated rings. The van der Waals surface area contributed by atoms with E-state index in [2.05, 4.69) is 469 Å². The maximum absolute atomic E-state index is 2.36. The quantitative estimate of drug-likeness (QED) is 0.0800. The van der Waals surface area contributed by atoms with Gasteiger partial charge in [0.25, 0.3) is 0 Å². The first-order valence-electron chi connectivity index (χ1n) is 36.9. The summed E-state index contributed by atoms with van der Waals surface area (Å²) >= 11 is 0. The van der Waals surface area contributed by atoms with Crippen LogP contribution in [0.5, 0.6) is 0 Å². The second kappa shape index (κ2) is 29.8. The van der Waals surface area contributed by atoms with E-state index in [4.69, 9.17) is 0 Å². The molecule has 4 heteroatoms. The third-order valence-electron chi connectivity index (χ3n) is 20.7. The first-order valence-corrected chi connectivity index (χ1v) is 36.9. The highest BCUT2D eigenvalue weighted by atomic mass is 15.2. The highest BCUT2D eigenvalue weighted by Crippen LogP contribution is 2.44. The largest absolute Gasteiger partial charge is 0.311 e. The predicted octanol–water partition coefficient (Wildman–Crippen LogP) is 29.5. The van der Waals surface area contributed by atoms with E-state index in [0.29, 0.717) is 0 Å². The van der Waals surface area contributed by atoms with E-state index >= 15 is 0 Å². The number of hydrogen-bond acceptors (Lipinski definition) is 4. The van der Waals surface area contributed by atoms with Crippen LogP contribution in [-0.4, -0.2) is 0 Å². The molecule has 18 aromatic rings. The number of benzene rings is 18. The van der Waals surface area contributed by atoms with Crippen LogP contribution in [0.4, 0.5) is 68.2 Å². The molecule has 0 aromatic heterocycles. The van der Waals surface area contributed by atoms with Gasteiger partial charge in [-0.3, -0.25) is 0 Å². The van der Waals surface area contributed by atoms with Crippen molar-refractivity contribution in [3.8, 4) is 77.9 Å². The average molecular weight is 1380 g/mol. The molecule has 4 nitrogen and oxygen atoms in total. The number of fused-ring (bicyclic) bond motifs is 2. The van der Waals surface area contributed by atoms with E-state index in [0.717, 1.165) is 113 Å². The van der Waals surface area contributed by atoms with Crippen LogP contribution in [0.1, 0.15) is 0 Å². The lowest BCUT2D eigenvalue weighted by atomic mass is 9.97. The first kappa shape index (κ1) is 65.7. The number of anilines is 12. The summed E-state index contributed by atoms with van der Waals surface area (Å²) in [5.41, 5.74) is 29.4. The molecule has 0 N–H and O–H groups in total. The van der Waals surface area contributed by atoms with Gasteiger partial charge in [0.1, 0.15) is 0 Å². The third kappa shape index (κ3) is 13.8. The highest BCUT2D eigenvalue weighted by molar-refractivity contribution is 5.94. The molecule has 18 rings (SSSR count). The molecule has 510 valence electrons. The van der Waals surface area contributed by atoms with Crippen molar-refractivity contribution in [2.24, 2.45) is 0 Å². The fourth-order valence-electron chi connectivity index (χ4n) is 15.0. The lowest BCUT2D eigenvalue weighted by molar-refractivity contribution is 1.28. The standard InChI is InChI=1S/C104H74N4/c1-5-17-75(18-6-1)83-37-55-96(56-38-83)106(100-65-47-88(48-66-100)87-45-59-95(60-46-87)105(93-25-9-3-10-26-93)94-27-11-4-12-28-94)98-61-41-85(42-62-98)81-33-29-79(30-34-81)80-31-35-82(36-32-80)86-43-63-99(64-44-86)107(97-57-39-84(40-58-97)76-19-7-2-8-20-76)101-67-49-89(50-68-101)90-51-69-102(70-52-90)108(103-71-53-77-21-13-15-23-91(77)73-103)104-72-54-78-22-14-16-24-92(78)74-104/h1-74H. The zero-order chi connectivity index (χ0) is 72.0. The summed E-state index contributed by atoms with van der Waals surface area (Å²) in [4.78, 5) is 9.36. The van der Waals surface area contributed by atoms with Crippen molar-refractivity contribution in [1.82, 2.24) is 0 Å². The van der Waals surface area contributed by atoms with Crippen molar-refractivity contribution < 1.29 is 0 Å². The van der Waals surface area contributed by atoms with Gasteiger partial charge >= 0.3 is 0 Å². The third-order valence-corrected chi connectivity index (χ3v) is 20.7. The van der Waals surface area contributed by atoms with Gasteiger partial charge in [0.05, 0.1) is 0 Å². The van der Waals surface area contributed by atoms with Gasteiger partial charge in [-0.15, -0.1) is 0 Å². The second-order valence-electron chi connectivity index (χ2n) is 27.3. The van der Waals surface area contributed by atoms with E-state index in [1.807, 2.05) is 0 Å². The monoisotopic (exact) mass is 1380 g/mol. The minimum absolute atomic E-state index is 1.07. The molecule has 0 saturated heterocycles. The second-order valence-corrected chi connectivity index (χ2v) is 27.3. The van der Waals surface area contributed by atoms with E-state index in [9.17, 15) is 0 Å². The summed E-state index contributed by atoms with van der Waals surface area (Å²) in [6.07, 6.45) is 0. The van der Waals surface area contributed by atoms with Gasteiger partial charge in [-0.25, -0.2) is 0 Å². The van der Waals surface area contributed by atoms with Crippen molar-refractivity contribution >= 4 is 89.8 Å². The molecule has 0 heterocycles. The van der Waals surface area contributed by atoms with Crippen LogP contribution in [-0.2, 0) is 0 Å². The number of hydrogen-bond donors (Lipinski definition) is 0. The summed E-state index contributed by atoms with van der Waals surface area (Å²) in [6.45, 7) is 0. The molecule has 0 aliphatic carbocycles. The zero-order valence-electron chi connectivity index (χ0n) is 59.5. The molecular weight excluding hydrogens is 1310 g/mol. The Labute approximate surface area is 632 Å². The van der Waals surface area contributed by atoms with E-state index in [1.54, 1.807) is 0 Å². The van der Waals surface area contributed by atoms with Crippen LogP contribution >= 0.6 is 0 Å². The normalized spacial score (nSPS) is 11.1. The van der Waals surface area contributed by atoms with Gasteiger partial charge < -0.3 is 19.6 Å². The zero-order valence-corrected chi connectivity index (χ0v) is 59.5. The molecule has 0 bridgehead atoms. The van der Waals surface area contributed by atoms with Gasteiger partial charge in [-0.05, 0) is 245 Å². The molecular formula is C104H74N4. The fourth-order valence-corrected chi connectivity index (χ4v) is 15.0. The van der Waals surface area contributed by atoms with E-state index in [1.165, 1.54) is 54.9 Å². The summed E-state index contributed by atoms with van der Waals surface area (Å²) in [5, 5.41) is 4.86. The Hall–Kier alpha value is -14.3. The molecule has 0 radical (unpaired) electrons. The minimum atomic E-state index is 1.07. The number of rotatable bonds is 19. The van der Waals surface area contributed by atoms with Crippen molar-refractivity contribution in [1.29, 1.82) is 0 Å². The Morgan fingerprint density at radius 3 is 0.444 bits per heavy atom. The summed E-state index contributed by atoms with van der Waals surface area (Å²) < 4.78 is 0. The van der Waals surface area contributed by atoms with E-state index < -0.39 is 0 Å². The molecule has 0 amide bonds. The molecule has 0 saturated carbocycles. The fraction of sp³-hybridized carbons (Fsp3) is 0. The van der Waals surface area contributed by atoms with Gasteiger partial charge in [-0.1, -0.05) is 303 Å². The van der Waals surface area contributed by atoms with Gasteiger partial charge in [0, 0.05) is 68.2 Å². The maximum atomic E-state index is 2.36. The smallest absolute Gasteiger partial charge is 0.0468 e. The van der Waals surface area contributed by atoms with Crippen LogP contribution in [0.25, 0.3) is 99.4 Å². The van der Waals surface area contributed by atoms with Crippen LogP contribution in [0.15, 0.2) is 449 Å². The summed E-state index contributed by atoms with van der Waals surface area (Å²) in [7, 11) is 0. The number of para-hydroxylation sites is 2. The lowest BCUT2D eigenvalue weighted by Gasteiger charge is -2.27. The van der Waals surface area contributed by atoms with Crippen molar-refractivity contribution in [2.45, 2.75) is 0 Å². The number of nitrogens with zero attached hydrogens (tertiary/aromatic N) is 4. The van der Waals surface area contributed by atoms with Crippen LogP contribution in [0, 0.1) is 0 Å². The minimum Gasteiger partial charge on any atom is -0.311 e. The van der Waals surface area contributed by atoms with Crippen LogP contribution in [0.3, 0.4) is 0 Å². The summed E-state index contributed by atoms with van der Waals surface area (Å²) in [6, 6.07) is 162. The van der Waals surface area contributed by atoms with Gasteiger partial charge in [0.2, 0.25) is 0 Å². The Kier molecular flexibility index (Phi) is 18.1. The molecule has 108 heavy (non-hydrogen) atoms. The molecule has 18 aromatic carbocycles. The topological polar surface area (TPSA) is 13.0 Å². The summed E-state index contributed by atoms with van der Waals surface area (Å²) in [5.74, 6) is 0. The van der Waals surface area contributed by atoms with Crippen molar-refractivity contribution in [3.05, 3.63) is 449 Å². The van der Waals surface area contributed by atoms with Gasteiger partial charge in [0.15, 0.2) is 0 Å². The van der Waals surface area contributed by atoms with Crippen molar-refractivity contribution in [3.63, 3.8) is 0 Å². The van der Waals surface area contributed by atoms with Gasteiger partial charge in [-0.2, -0.15) is 0 Å². The average Bonchev–Trinajstić information content (AvgIpc) is 0.841. The first-order chi connectivity index (χ1) is 53.5. The molecule has 0 aliphatic heterocycles. The van der Waals surface area contributed by atoms with E-state index in [-0.39, 0.29) is 0 Å². The van der Waals surface area contributed by atoms with Crippen LogP contribution < -0.4 is 19.6 Å². The molecule has 0 aliphatic rings. The Morgan fingerprint density at radius 1 is 0.0926 bits per heavy atom. The Morgan fingerprint density at radius 2 is 0.231 bits per heavy atom. The Bertz CT molecular complexity index is 5940. The lowest BCUT2D eigenvalue weighted by Crippen LogP contribution is -2.10. The molecule has 0 spiro atoms. The van der Waals surface area contributed by atoms with Crippen molar-refractivity contribution in [2.75, 3.05) is 19.6 Å². The molecule has 0 unspecified atom stereocenters. The predicted molar refractivity (Wildman–Crippen MR) is 458 cm³/mol. The molecule has 0 atom stereocenters. The highest BCUT2D eigenvalue weighted by Gasteiger charge is 2.20. The Balaban J connectivity index is 0.578. The maximum Gasteiger partial charge on any atom is 0.0468 e. The van der Waals surface area contributed by atoms with Crippen LogP contribution in [0.2, 0.25) is 0 Å². The SMILES string of the molecule is c1ccc(-c2ccc(N(c3ccc(-c4ccc(-c5ccc(-c6ccc(N(c7ccc(-c8ccccc8)cc7)c7ccc(-c8ccc(N(c9ccc%10ccccc%10c9)c9ccc%10ccccc%10c9)cc8)cc7)cc6)cc5)cc4)cc3)c3ccc(-c4ccc(N(c5ccccc5)c5ccccc5)cc4)cc3)cc2)cc1.